The smallest absolute Gasteiger partial charge is 0.295 e. The number of furan rings is 1. The van der Waals surface area contributed by atoms with Crippen molar-refractivity contribution in [3.63, 3.8) is 0 Å². The lowest BCUT2D eigenvalue weighted by atomic mass is 10.3. The summed E-state index contributed by atoms with van der Waals surface area (Å²) in [6, 6.07) is 5.19. The van der Waals surface area contributed by atoms with Gasteiger partial charge in [-0.3, -0.25) is 9.69 Å². The van der Waals surface area contributed by atoms with Crippen LogP contribution < -0.4 is 17.3 Å². The van der Waals surface area contributed by atoms with Crippen molar-refractivity contribution in [2.24, 2.45) is 0 Å². The number of amides is 1. The number of nitrogens with zero attached hydrogens (tertiary/aromatic N) is 3. The lowest BCUT2D eigenvalue weighted by Gasteiger charge is -2.19. The molecule has 1 amide bonds. The number of anilines is 1. The molecule has 2 aromatic heterocycles. The van der Waals surface area contributed by atoms with Gasteiger partial charge in [-0.1, -0.05) is 11.3 Å². The summed E-state index contributed by atoms with van der Waals surface area (Å²) in [7, 11) is 3.88. The lowest BCUT2D eigenvalue weighted by molar-refractivity contribution is -0.0000140. The maximum atomic E-state index is 13.9. The Morgan fingerprint density at radius 2 is 2.04 bits per heavy atom. The van der Waals surface area contributed by atoms with Crippen LogP contribution in [0.15, 0.2) is 34.9 Å². The molecule has 0 unspecified atom stereocenters. The zero-order chi connectivity index (χ0) is 18.0. The van der Waals surface area contributed by atoms with Crippen molar-refractivity contribution in [1.29, 1.82) is 0 Å². The predicted octanol–water partition coefficient (Wildman–Crippen LogP) is 0.770. The fourth-order valence-electron chi connectivity index (χ4n) is 2.42. The first kappa shape index (κ1) is 20.3. The molecule has 5 nitrogen and oxygen atoms in total. The van der Waals surface area contributed by atoms with E-state index >= 15 is 0 Å². The molecule has 0 N–H and O–H groups in total. The van der Waals surface area contributed by atoms with Crippen LogP contribution in [-0.2, 0) is 0 Å². The van der Waals surface area contributed by atoms with Gasteiger partial charge in [-0.25, -0.2) is 13.8 Å². The average molecular weight is 401 g/mol. The summed E-state index contributed by atoms with van der Waals surface area (Å²) in [5, 5.41) is 0.319. The minimum Gasteiger partial charge on any atom is -1.00 e. The fourth-order valence-corrected chi connectivity index (χ4v) is 3.45. The number of fused-ring (bicyclic) bond motifs is 1. The molecule has 3 aromatic rings. The van der Waals surface area contributed by atoms with E-state index in [0.717, 1.165) is 23.9 Å². The van der Waals surface area contributed by atoms with Crippen LogP contribution in [-0.4, -0.2) is 43.0 Å². The van der Waals surface area contributed by atoms with Gasteiger partial charge in [-0.15, -0.1) is 0 Å². The summed E-state index contributed by atoms with van der Waals surface area (Å²) >= 11 is 1.08. The Balaban J connectivity index is 0.00000243. The van der Waals surface area contributed by atoms with Crippen LogP contribution in [0.4, 0.5) is 13.9 Å². The fraction of sp³-hybridized carbons (Fsp3) is 0.294. The molecular formula is C17H17ClF2N3O2S-. The van der Waals surface area contributed by atoms with E-state index in [1.165, 1.54) is 17.2 Å². The Morgan fingerprint density at radius 3 is 2.69 bits per heavy atom. The molecule has 9 heteroatoms. The van der Waals surface area contributed by atoms with Crippen LogP contribution in [0.25, 0.3) is 10.2 Å². The van der Waals surface area contributed by atoms with Gasteiger partial charge in [0.1, 0.15) is 11.3 Å². The predicted molar refractivity (Wildman–Crippen MR) is 93.1 cm³/mol. The van der Waals surface area contributed by atoms with Crippen LogP contribution >= 0.6 is 11.3 Å². The number of rotatable bonds is 6. The van der Waals surface area contributed by atoms with Crippen LogP contribution in [0.1, 0.15) is 17.0 Å². The van der Waals surface area contributed by atoms with Gasteiger partial charge in [0.2, 0.25) is 0 Å². The van der Waals surface area contributed by atoms with Crippen molar-refractivity contribution in [2.75, 3.05) is 32.1 Å². The lowest BCUT2D eigenvalue weighted by Crippen LogP contribution is -3.00. The molecule has 0 atom stereocenters. The summed E-state index contributed by atoms with van der Waals surface area (Å²) in [4.78, 5) is 20.4. The Bertz CT molecular complexity index is 884. The first-order chi connectivity index (χ1) is 12.0. The van der Waals surface area contributed by atoms with Crippen LogP contribution in [0.2, 0.25) is 0 Å². The van der Waals surface area contributed by atoms with Crippen LogP contribution in [0.3, 0.4) is 0 Å². The molecule has 0 aliphatic carbocycles. The number of carbonyl (C=O) groups is 1. The highest BCUT2D eigenvalue weighted by Gasteiger charge is 2.24. The quantitative estimate of drug-likeness (QED) is 0.613. The monoisotopic (exact) mass is 400 g/mol. The van der Waals surface area contributed by atoms with Gasteiger partial charge < -0.3 is 21.7 Å². The molecule has 0 aliphatic rings. The van der Waals surface area contributed by atoms with Crippen molar-refractivity contribution in [3.8, 4) is 0 Å². The minimum absolute atomic E-state index is 0. The van der Waals surface area contributed by atoms with Gasteiger partial charge in [-0.2, -0.15) is 0 Å². The van der Waals surface area contributed by atoms with Crippen LogP contribution in [0, 0.1) is 11.6 Å². The van der Waals surface area contributed by atoms with Crippen molar-refractivity contribution < 1.29 is 30.4 Å². The molecule has 2 heterocycles. The number of benzene rings is 1. The summed E-state index contributed by atoms with van der Waals surface area (Å²) < 4.78 is 32.9. The first-order valence-corrected chi connectivity index (χ1v) is 8.53. The second-order valence-corrected chi connectivity index (χ2v) is 6.83. The van der Waals surface area contributed by atoms with Gasteiger partial charge in [0.25, 0.3) is 5.91 Å². The number of hydrogen-bond acceptors (Lipinski definition) is 5. The zero-order valence-electron chi connectivity index (χ0n) is 14.2. The normalized spacial score (nSPS) is 11.0. The number of thiazole rings is 1. The summed E-state index contributed by atoms with van der Waals surface area (Å²) in [6.07, 6.45) is 2.12. The highest BCUT2D eigenvalue weighted by atomic mass is 35.5. The van der Waals surface area contributed by atoms with E-state index in [1.54, 1.807) is 12.1 Å². The summed E-state index contributed by atoms with van der Waals surface area (Å²) in [6.45, 7) is 1.16. The van der Waals surface area contributed by atoms with Crippen LogP contribution in [0.5, 0.6) is 0 Å². The third-order valence-corrected chi connectivity index (χ3v) is 4.62. The molecule has 140 valence electrons. The molecule has 0 saturated carbocycles. The van der Waals surface area contributed by atoms with Gasteiger partial charge in [0.05, 0.1) is 11.0 Å². The van der Waals surface area contributed by atoms with E-state index in [2.05, 4.69) is 4.98 Å². The maximum absolute atomic E-state index is 13.9. The molecule has 0 bridgehead atoms. The van der Waals surface area contributed by atoms with Gasteiger partial charge in [0.15, 0.2) is 16.7 Å². The molecule has 0 fully saturated rings. The molecular weight excluding hydrogens is 384 g/mol. The Kier molecular flexibility index (Phi) is 6.69. The summed E-state index contributed by atoms with van der Waals surface area (Å²) in [5.41, 5.74) is 0.0613. The molecule has 0 aliphatic heterocycles. The Morgan fingerprint density at radius 1 is 1.27 bits per heavy atom. The number of aromatic nitrogens is 1. The van der Waals surface area contributed by atoms with Gasteiger partial charge in [0, 0.05) is 12.6 Å². The molecule has 0 radical (unpaired) electrons. The van der Waals surface area contributed by atoms with Crippen molar-refractivity contribution in [3.05, 3.63) is 47.9 Å². The topological polar surface area (TPSA) is 49.6 Å². The number of halogens is 3. The molecule has 1 aromatic carbocycles. The second-order valence-electron chi connectivity index (χ2n) is 5.82. The number of hydrogen-bond donors (Lipinski definition) is 0. The minimum atomic E-state index is -0.740. The molecule has 0 spiro atoms. The SMILES string of the molecule is CN(C)CCCN(C(=O)c1ccco1)c1nc2c(F)cc(F)cc2s1.[Cl-]. The summed E-state index contributed by atoms with van der Waals surface area (Å²) in [5.74, 6) is -1.59. The second kappa shape index (κ2) is 8.57. The Labute approximate surface area is 159 Å². The third-order valence-electron chi connectivity index (χ3n) is 3.60. The van der Waals surface area contributed by atoms with E-state index < -0.39 is 11.6 Å². The average Bonchev–Trinajstić information content (AvgIpc) is 3.20. The van der Waals surface area contributed by atoms with E-state index in [0.29, 0.717) is 22.8 Å². The molecule has 3 rings (SSSR count). The Hall–Kier alpha value is -2.03. The number of carbonyl (C=O) groups excluding carboxylic acids is 1. The van der Waals surface area contributed by atoms with Crippen molar-refractivity contribution >= 4 is 32.6 Å². The van der Waals surface area contributed by atoms with E-state index in [9.17, 15) is 13.6 Å². The zero-order valence-corrected chi connectivity index (χ0v) is 15.8. The standard InChI is InChI=1S/C17H17F2N3O2S.ClH/c1-21(2)6-4-7-22(16(23)13-5-3-8-24-13)17-20-15-12(19)9-11(18)10-14(15)25-17;/h3,5,8-10H,4,6-7H2,1-2H3;1H/p-1. The highest BCUT2D eigenvalue weighted by molar-refractivity contribution is 7.22. The van der Waals surface area contributed by atoms with Gasteiger partial charge in [-0.05, 0) is 45.3 Å². The largest absolute Gasteiger partial charge is 1.00 e. The van der Waals surface area contributed by atoms with Gasteiger partial charge >= 0.3 is 0 Å². The van der Waals surface area contributed by atoms with E-state index in [4.69, 9.17) is 4.42 Å². The van der Waals surface area contributed by atoms with Crippen molar-refractivity contribution in [1.82, 2.24) is 9.88 Å². The first-order valence-electron chi connectivity index (χ1n) is 7.71. The van der Waals surface area contributed by atoms with E-state index in [1.807, 2.05) is 19.0 Å². The molecule has 26 heavy (non-hydrogen) atoms. The van der Waals surface area contributed by atoms with Crippen molar-refractivity contribution in [2.45, 2.75) is 6.42 Å². The third kappa shape index (κ3) is 4.38. The highest BCUT2D eigenvalue weighted by Crippen LogP contribution is 2.32. The molecule has 0 saturated heterocycles. The maximum Gasteiger partial charge on any atom is 0.295 e. The van der Waals surface area contributed by atoms with E-state index in [-0.39, 0.29) is 29.6 Å².